The van der Waals surface area contributed by atoms with Gasteiger partial charge in [0.15, 0.2) is 0 Å². The Labute approximate surface area is 719 Å². The highest BCUT2D eigenvalue weighted by Crippen LogP contribution is 2.45. The molecule has 24 rings (SSSR count). The molecule has 0 aliphatic carbocycles. The Morgan fingerprint density at radius 2 is 0.282 bits per heavy atom. The van der Waals surface area contributed by atoms with Crippen molar-refractivity contribution in [2.45, 2.75) is 0 Å². The third kappa shape index (κ3) is 13.0. The standard InChI is InChI=1S/2C60H40N2/c1-3-16-41(17-4-1)43-20-13-21-44(36-43)45-22-14-24-49(37-45)61-57-30-11-9-28-53(57)55-39-46(32-34-59(55)61)47-33-35-60-56(40-47)54-29-10-12-31-58(54)62(60)50-25-15-23-48(38-50)52-27-8-7-26-51(52)42-18-5-2-6-19-42;1-3-15-41(16-4-1)42-29-31-43(32-30-42)45-19-13-21-49(37-45)61-57-27-11-9-25-53(57)55-39-46(33-35-59(55)61)47-34-36-60-56(40-47)54-26-10-12-28-58(54)62(60)50-22-14-20-48(38-50)52-24-8-7-23-51(52)44-17-5-2-6-18-44/h2*1-40H. The van der Waals surface area contributed by atoms with Crippen LogP contribution in [0.3, 0.4) is 0 Å². The zero-order valence-corrected chi connectivity index (χ0v) is 68.0. The Kier molecular flexibility index (Phi) is 18.2. The van der Waals surface area contributed by atoms with Gasteiger partial charge in [-0.1, -0.05) is 358 Å². The predicted molar refractivity (Wildman–Crippen MR) is 525 cm³/mol. The average molecular weight is 1580 g/mol. The molecule has 0 aliphatic rings. The first kappa shape index (κ1) is 72.8. The van der Waals surface area contributed by atoms with E-state index in [0.717, 1.165) is 22.7 Å². The molecule has 580 valence electrons. The summed E-state index contributed by atoms with van der Waals surface area (Å²) in [6.45, 7) is 0. The fourth-order valence-electron chi connectivity index (χ4n) is 19.2. The van der Waals surface area contributed by atoms with E-state index in [9.17, 15) is 0 Å². The van der Waals surface area contributed by atoms with Crippen LogP contribution in [0.5, 0.6) is 0 Å². The number of fused-ring (bicyclic) bond motifs is 12. The van der Waals surface area contributed by atoms with E-state index in [0.29, 0.717) is 0 Å². The Balaban J connectivity index is 0.000000143. The highest BCUT2D eigenvalue weighted by Gasteiger charge is 2.22. The molecule has 4 heteroatoms. The monoisotopic (exact) mass is 1580 g/mol. The number of hydrogen-bond acceptors (Lipinski definition) is 0. The molecule has 0 fully saturated rings. The van der Waals surface area contributed by atoms with Gasteiger partial charge in [-0.3, -0.25) is 0 Å². The van der Waals surface area contributed by atoms with Crippen LogP contribution in [0.15, 0.2) is 485 Å². The largest absolute Gasteiger partial charge is 0.309 e. The Hall–Kier alpha value is -16.4. The van der Waals surface area contributed by atoms with Crippen LogP contribution in [0.4, 0.5) is 0 Å². The second kappa shape index (κ2) is 31.1. The summed E-state index contributed by atoms with van der Waals surface area (Å²) in [7, 11) is 0. The fraction of sp³-hybridized carbons (Fsp3) is 0. The Morgan fingerprint density at radius 1 is 0.0968 bits per heavy atom. The predicted octanol–water partition coefficient (Wildman–Crippen LogP) is 32.4. The highest BCUT2D eigenvalue weighted by molar-refractivity contribution is 6.15. The molecule has 0 bridgehead atoms. The maximum Gasteiger partial charge on any atom is 0.0541 e. The van der Waals surface area contributed by atoms with Crippen LogP contribution in [0, 0.1) is 0 Å². The smallest absolute Gasteiger partial charge is 0.0541 e. The summed E-state index contributed by atoms with van der Waals surface area (Å²) in [4.78, 5) is 0. The highest BCUT2D eigenvalue weighted by atomic mass is 15.0. The van der Waals surface area contributed by atoms with Gasteiger partial charge < -0.3 is 18.3 Å². The van der Waals surface area contributed by atoms with Gasteiger partial charge in [0.2, 0.25) is 0 Å². The van der Waals surface area contributed by atoms with Crippen molar-refractivity contribution in [3.05, 3.63) is 485 Å². The van der Waals surface area contributed by atoms with Crippen molar-refractivity contribution in [2.24, 2.45) is 0 Å². The zero-order chi connectivity index (χ0) is 82.0. The van der Waals surface area contributed by atoms with Crippen LogP contribution in [0.1, 0.15) is 0 Å². The van der Waals surface area contributed by atoms with Gasteiger partial charge in [0.05, 0.1) is 44.1 Å². The third-order valence-corrected chi connectivity index (χ3v) is 25.0. The van der Waals surface area contributed by atoms with Gasteiger partial charge in [0.1, 0.15) is 0 Å². The van der Waals surface area contributed by atoms with Gasteiger partial charge in [-0.25, -0.2) is 0 Å². The lowest BCUT2D eigenvalue weighted by Crippen LogP contribution is -1.95. The number of aromatic nitrogens is 4. The first-order valence-electron chi connectivity index (χ1n) is 42.7. The fourth-order valence-corrected chi connectivity index (χ4v) is 19.2. The molecular weight excluding hydrogens is 1500 g/mol. The lowest BCUT2D eigenvalue weighted by molar-refractivity contribution is 1.18. The van der Waals surface area contributed by atoms with Crippen LogP contribution < -0.4 is 0 Å². The summed E-state index contributed by atoms with van der Waals surface area (Å²) in [5.74, 6) is 0. The van der Waals surface area contributed by atoms with E-state index < -0.39 is 0 Å². The van der Waals surface area contributed by atoms with Crippen molar-refractivity contribution in [3.8, 4) is 134 Å². The quantitative estimate of drug-likeness (QED) is 0.103. The lowest BCUT2D eigenvalue weighted by Gasteiger charge is -2.13. The lowest BCUT2D eigenvalue weighted by atomic mass is 9.94. The Bertz CT molecular complexity index is 8210. The van der Waals surface area contributed by atoms with E-state index in [4.69, 9.17) is 0 Å². The first-order chi connectivity index (χ1) is 61.5. The molecular formula is C120H80N4. The van der Waals surface area contributed by atoms with Crippen LogP contribution in [-0.2, 0) is 0 Å². The van der Waals surface area contributed by atoms with Crippen LogP contribution in [-0.4, -0.2) is 18.3 Å². The second-order valence-corrected chi connectivity index (χ2v) is 32.3. The summed E-state index contributed by atoms with van der Waals surface area (Å²) in [5, 5.41) is 9.93. The number of para-hydroxylation sites is 4. The topological polar surface area (TPSA) is 19.7 Å². The molecule has 0 aliphatic heterocycles. The van der Waals surface area contributed by atoms with Crippen molar-refractivity contribution in [3.63, 3.8) is 0 Å². The van der Waals surface area contributed by atoms with Gasteiger partial charge >= 0.3 is 0 Å². The van der Waals surface area contributed by atoms with E-state index in [1.807, 2.05) is 0 Å². The number of hydrogen-bond donors (Lipinski definition) is 0. The molecule has 0 saturated carbocycles. The summed E-state index contributed by atoms with van der Waals surface area (Å²) >= 11 is 0. The number of rotatable bonds is 14. The summed E-state index contributed by atoms with van der Waals surface area (Å²) in [6.07, 6.45) is 0. The van der Waals surface area contributed by atoms with E-state index in [-0.39, 0.29) is 0 Å². The number of nitrogens with zero attached hydrogens (tertiary/aromatic N) is 4. The van der Waals surface area contributed by atoms with Gasteiger partial charge in [0, 0.05) is 65.8 Å². The van der Waals surface area contributed by atoms with Crippen molar-refractivity contribution in [1.29, 1.82) is 0 Å². The van der Waals surface area contributed by atoms with Crippen LogP contribution in [0.25, 0.3) is 221 Å². The van der Waals surface area contributed by atoms with Crippen molar-refractivity contribution >= 4 is 87.2 Å². The third-order valence-electron chi connectivity index (χ3n) is 25.0. The SMILES string of the molecule is c1ccc(-c2ccc(-c3cccc(-n4c5ccccc5c5cc(-c6ccc7c(c6)c6ccccc6n7-c6cccc(-c7ccccc7-c7ccccc7)c6)ccc54)c3)cc2)cc1.c1ccc(-c2cccc(-c3cccc(-n4c5ccccc5c5cc(-c6ccc7c(c6)c6ccccc6n7-c6cccc(-c7ccccc7-c7ccccc7)c6)ccc54)c3)c2)cc1. The molecule has 24 aromatic rings. The minimum atomic E-state index is 1.14. The molecule has 4 nitrogen and oxygen atoms in total. The molecule has 0 unspecified atom stereocenters. The Morgan fingerprint density at radius 3 is 0.613 bits per heavy atom. The molecule has 4 aromatic heterocycles. The van der Waals surface area contributed by atoms with Gasteiger partial charge in [-0.15, -0.1) is 0 Å². The molecule has 0 spiro atoms. The normalized spacial score (nSPS) is 11.5. The first-order valence-corrected chi connectivity index (χ1v) is 42.7. The molecule has 0 amide bonds. The molecule has 20 aromatic carbocycles. The summed E-state index contributed by atoms with van der Waals surface area (Å²) in [5.41, 5.74) is 38.4. The maximum atomic E-state index is 2.42. The summed E-state index contributed by atoms with van der Waals surface area (Å²) < 4.78 is 9.68. The second-order valence-electron chi connectivity index (χ2n) is 32.3. The molecule has 0 N–H and O–H groups in total. The maximum absolute atomic E-state index is 2.42. The van der Waals surface area contributed by atoms with E-state index in [2.05, 4.69) is 504 Å². The zero-order valence-electron chi connectivity index (χ0n) is 68.0. The molecule has 0 saturated heterocycles. The average Bonchev–Trinajstić information content (AvgIpc) is 1.59. The van der Waals surface area contributed by atoms with Crippen LogP contribution in [0.2, 0.25) is 0 Å². The molecule has 4 heterocycles. The molecule has 124 heavy (non-hydrogen) atoms. The van der Waals surface area contributed by atoms with Crippen molar-refractivity contribution in [2.75, 3.05) is 0 Å². The van der Waals surface area contributed by atoms with E-state index >= 15 is 0 Å². The van der Waals surface area contributed by atoms with Gasteiger partial charge in [0.25, 0.3) is 0 Å². The minimum absolute atomic E-state index is 1.14. The molecule has 0 radical (unpaired) electrons. The molecule has 0 atom stereocenters. The van der Waals surface area contributed by atoms with Gasteiger partial charge in [-0.05, 0) is 239 Å². The van der Waals surface area contributed by atoms with E-state index in [1.54, 1.807) is 0 Å². The van der Waals surface area contributed by atoms with Crippen molar-refractivity contribution in [1.82, 2.24) is 18.3 Å². The van der Waals surface area contributed by atoms with Gasteiger partial charge in [-0.2, -0.15) is 0 Å². The van der Waals surface area contributed by atoms with Crippen molar-refractivity contribution < 1.29 is 0 Å². The van der Waals surface area contributed by atoms with E-state index in [1.165, 1.54) is 198 Å². The van der Waals surface area contributed by atoms with Crippen LogP contribution >= 0.6 is 0 Å². The minimum Gasteiger partial charge on any atom is -0.309 e. The number of benzene rings is 20. The summed E-state index contributed by atoms with van der Waals surface area (Å²) in [6, 6.07) is 177.